The molecule has 2 aromatic carbocycles. The number of nitrogens with one attached hydrogen (secondary N) is 1. The summed E-state index contributed by atoms with van der Waals surface area (Å²) in [6, 6.07) is 14.3. The molecule has 1 N–H and O–H groups in total. The van der Waals surface area contributed by atoms with Crippen molar-refractivity contribution in [1.82, 2.24) is 5.32 Å². The fourth-order valence-corrected chi connectivity index (χ4v) is 6.56. The van der Waals surface area contributed by atoms with Crippen molar-refractivity contribution in [3.63, 3.8) is 0 Å². The standard InChI is InChI=1S/C33H47NO/c1-6-10-27-19-24(5)12-17-30(27)28-16-14-25-13-15-26(23(3)4)20-31(25)32(22-34-21-28)29(7-2)33-11-8-9-18-35-33/h12-13,15,17,19-20,28-29,32-34H,3,6-11,14,16,18,21-22H2,1-2,4-5H3. The zero-order chi connectivity index (χ0) is 24.8. The first-order valence-electron chi connectivity index (χ1n) is 14.2. The second kappa shape index (κ2) is 12.4. The molecule has 35 heavy (non-hydrogen) atoms. The Balaban J connectivity index is 1.69. The minimum Gasteiger partial charge on any atom is -0.378 e. The molecular weight excluding hydrogens is 426 g/mol. The molecule has 2 aliphatic heterocycles. The quantitative estimate of drug-likeness (QED) is 0.440. The largest absolute Gasteiger partial charge is 0.378 e. The molecule has 2 heteroatoms. The van der Waals surface area contributed by atoms with Gasteiger partial charge in [0.2, 0.25) is 0 Å². The van der Waals surface area contributed by atoms with Gasteiger partial charge in [-0.15, -0.1) is 0 Å². The summed E-state index contributed by atoms with van der Waals surface area (Å²) in [4.78, 5) is 0. The van der Waals surface area contributed by atoms with Gasteiger partial charge >= 0.3 is 0 Å². The van der Waals surface area contributed by atoms with Gasteiger partial charge in [0.15, 0.2) is 0 Å². The lowest BCUT2D eigenvalue weighted by Crippen LogP contribution is -2.37. The summed E-state index contributed by atoms with van der Waals surface area (Å²) in [6.07, 6.45) is 9.96. The number of benzene rings is 2. The molecule has 0 aliphatic carbocycles. The highest BCUT2D eigenvalue weighted by atomic mass is 16.5. The van der Waals surface area contributed by atoms with Crippen LogP contribution < -0.4 is 5.32 Å². The molecule has 2 aliphatic rings. The van der Waals surface area contributed by atoms with Crippen molar-refractivity contribution in [3.8, 4) is 0 Å². The minimum atomic E-state index is 0.381. The first kappa shape index (κ1) is 26.2. The number of hydrogen-bond acceptors (Lipinski definition) is 2. The number of hydrogen-bond donors (Lipinski definition) is 1. The van der Waals surface area contributed by atoms with Crippen molar-refractivity contribution in [2.45, 2.75) is 97.0 Å². The van der Waals surface area contributed by atoms with Crippen LogP contribution in [0.4, 0.5) is 0 Å². The van der Waals surface area contributed by atoms with E-state index in [1.165, 1.54) is 60.8 Å². The predicted molar refractivity (Wildman–Crippen MR) is 150 cm³/mol. The van der Waals surface area contributed by atoms with Gasteiger partial charge in [-0.05, 0) is 92.0 Å². The Hall–Kier alpha value is -1.90. The van der Waals surface area contributed by atoms with Crippen LogP contribution in [0.15, 0.2) is 43.0 Å². The maximum Gasteiger partial charge on any atom is 0.0609 e. The molecule has 4 atom stereocenters. The van der Waals surface area contributed by atoms with E-state index >= 15 is 0 Å². The Kier molecular flexibility index (Phi) is 9.25. The van der Waals surface area contributed by atoms with Gasteiger partial charge in [-0.3, -0.25) is 0 Å². The molecular formula is C33H47NO. The molecule has 0 radical (unpaired) electrons. The van der Waals surface area contributed by atoms with Crippen molar-refractivity contribution in [2.24, 2.45) is 5.92 Å². The van der Waals surface area contributed by atoms with Crippen LogP contribution in [0, 0.1) is 12.8 Å². The minimum absolute atomic E-state index is 0.381. The van der Waals surface area contributed by atoms with Crippen LogP contribution in [-0.2, 0) is 17.6 Å². The average Bonchev–Trinajstić information content (AvgIpc) is 2.95. The molecule has 4 unspecified atom stereocenters. The monoisotopic (exact) mass is 473 g/mol. The summed E-state index contributed by atoms with van der Waals surface area (Å²) < 4.78 is 6.38. The van der Waals surface area contributed by atoms with E-state index in [9.17, 15) is 0 Å². The van der Waals surface area contributed by atoms with Crippen LogP contribution in [0.5, 0.6) is 0 Å². The van der Waals surface area contributed by atoms with Crippen molar-refractivity contribution in [2.75, 3.05) is 19.7 Å². The van der Waals surface area contributed by atoms with Crippen LogP contribution in [0.1, 0.15) is 105 Å². The normalized spacial score (nSPS) is 24.1. The third kappa shape index (κ3) is 6.27. The van der Waals surface area contributed by atoms with Crippen molar-refractivity contribution in [1.29, 1.82) is 0 Å². The lowest BCUT2D eigenvalue weighted by atomic mass is 9.76. The van der Waals surface area contributed by atoms with Gasteiger partial charge in [-0.2, -0.15) is 0 Å². The second-order valence-corrected chi connectivity index (χ2v) is 11.1. The fourth-order valence-electron chi connectivity index (χ4n) is 6.56. The first-order valence-corrected chi connectivity index (χ1v) is 14.2. The number of ether oxygens (including phenoxy) is 1. The van der Waals surface area contributed by atoms with Gasteiger partial charge in [0.25, 0.3) is 0 Å². The summed E-state index contributed by atoms with van der Waals surface area (Å²) in [7, 11) is 0. The van der Waals surface area contributed by atoms with Crippen LogP contribution in [0.3, 0.4) is 0 Å². The Morgan fingerprint density at radius 2 is 1.91 bits per heavy atom. The van der Waals surface area contributed by atoms with Gasteiger partial charge in [-0.1, -0.05) is 80.8 Å². The molecule has 0 spiro atoms. The smallest absolute Gasteiger partial charge is 0.0609 e. The number of fused-ring (bicyclic) bond motifs is 1. The number of rotatable bonds is 7. The molecule has 2 aromatic rings. The van der Waals surface area contributed by atoms with Gasteiger partial charge in [0, 0.05) is 25.6 Å². The SMILES string of the molecule is C=C(C)c1ccc2c(c1)C(C(CC)C1CCCCO1)CNCC(c1ccc(C)cc1CCC)CC2. The maximum atomic E-state index is 6.38. The third-order valence-corrected chi connectivity index (χ3v) is 8.49. The topological polar surface area (TPSA) is 21.3 Å². The van der Waals surface area contributed by atoms with E-state index in [4.69, 9.17) is 4.74 Å². The highest BCUT2D eigenvalue weighted by Crippen LogP contribution is 2.39. The molecule has 2 nitrogen and oxygen atoms in total. The highest BCUT2D eigenvalue weighted by Gasteiger charge is 2.33. The van der Waals surface area contributed by atoms with E-state index in [2.05, 4.69) is 76.0 Å². The lowest BCUT2D eigenvalue weighted by molar-refractivity contribution is -0.0295. The molecule has 0 saturated carbocycles. The third-order valence-electron chi connectivity index (χ3n) is 8.49. The summed E-state index contributed by atoms with van der Waals surface area (Å²) in [5, 5.41) is 3.98. The Labute approximate surface area is 214 Å². The number of aryl methyl sites for hydroxylation is 3. The zero-order valence-electron chi connectivity index (χ0n) is 22.7. The summed E-state index contributed by atoms with van der Waals surface area (Å²) in [6.45, 7) is 16.3. The summed E-state index contributed by atoms with van der Waals surface area (Å²) in [5.41, 5.74) is 10.0. The van der Waals surface area contributed by atoms with Crippen LogP contribution in [-0.4, -0.2) is 25.8 Å². The Morgan fingerprint density at radius 1 is 1.06 bits per heavy atom. The molecule has 190 valence electrons. The van der Waals surface area contributed by atoms with E-state index in [1.807, 2.05) is 0 Å². The van der Waals surface area contributed by atoms with E-state index < -0.39 is 0 Å². The first-order chi connectivity index (χ1) is 17.0. The zero-order valence-corrected chi connectivity index (χ0v) is 22.7. The Morgan fingerprint density at radius 3 is 2.63 bits per heavy atom. The molecule has 2 heterocycles. The predicted octanol–water partition coefficient (Wildman–Crippen LogP) is 7.98. The second-order valence-electron chi connectivity index (χ2n) is 11.1. The molecule has 0 aromatic heterocycles. The van der Waals surface area contributed by atoms with Gasteiger partial charge in [0.1, 0.15) is 0 Å². The molecule has 1 saturated heterocycles. The van der Waals surface area contributed by atoms with Crippen LogP contribution in [0.25, 0.3) is 5.57 Å². The van der Waals surface area contributed by atoms with Crippen molar-refractivity contribution < 1.29 is 4.74 Å². The summed E-state index contributed by atoms with van der Waals surface area (Å²) in [5.74, 6) is 1.58. The fraction of sp³-hybridized carbons (Fsp3) is 0.576. The van der Waals surface area contributed by atoms with E-state index in [0.29, 0.717) is 23.9 Å². The van der Waals surface area contributed by atoms with Crippen molar-refractivity contribution in [3.05, 3.63) is 76.4 Å². The average molecular weight is 474 g/mol. The van der Waals surface area contributed by atoms with Crippen molar-refractivity contribution >= 4 is 5.57 Å². The maximum absolute atomic E-state index is 6.38. The van der Waals surface area contributed by atoms with Gasteiger partial charge in [-0.25, -0.2) is 0 Å². The van der Waals surface area contributed by atoms with E-state index in [0.717, 1.165) is 38.1 Å². The molecule has 0 amide bonds. The Bertz CT molecular complexity index is 987. The van der Waals surface area contributed by atoms with Crippen LogP contribution >= 0.6 is 0 Å². The highest BCUT2D eigenvalue weighted by molar-refractivity contribution is 5.63. The molecule has 0 bridgehead atoms. The number of allylic oxidation sites excluding steroid dienone is 1. The van der Waals surface area contributed by atoms with E-state index in [-0.39, 0.29) is 0 Å². The van der Waals surface area contributed by atoms with E-state index in [1.54, 1.807) is 11.1 Å². The van der Waals surface area contributed by atoms with Gasteiger partial charge in [0.05, 0.1) is 6.10 Å². The molecule has 1 fully saturated rings. The molecule has 4 rings (SSSR count). The lowest BCUT2D eigenvalue weighted by Gasteiger charge is -2.36. The van der Waals surface area contributed by atoms with Crippen LogP contribution in [0.2, 0.25) is 0 Å². The summed E-state index contributed by atoms with van der Waals surface area (Å²) >= 11 is 0. The van der Waals surface area contributed by atoms with Gasteiger partial charge < -0.3 is 10.1 Å².